The van der Waals surface area contributed by atoms with Gasteiger partial charge in [0.05, 0.1) is 36.1 Å². The molecular formula is C27H30FN9O3S. The van der Waals surface area contributed by atoms with Gasteiger partial charge in [0.2, 0.25) is 11.8 Å². The number of anilines is 2. The number of imidazole rings is 1. The Kier molecular flexibility index (Phi) is 8.91. The number of rotatable bonds is 10. The topological polar surface area (TPSA) is 130 Å². The van der Waals surface area contributed by atoms with Crippen LogP contribution in [0.4, 0.5) is 15.3 Å². The average molecular weight is 580 g/mol. The van der Waals surface area contributed by atoms with Crippen LogP contribution in [-0.4, -0.2) is 99.1 Å². The van der Waals surface area contributed by atoms with Crippen LogP contribution in [0.5, 0.6) is 0 Å². The van der Waals surface area contributed by atoms with Gasteiger partial charge in [-0.2, -0.15) is 0 Å². The Bertz CT molecular complexity index is 1550. The number of amides is 2. The normalized spacial score (nSPS) is 15.6. The average Bonchev–Trinajstić information content (AvgIpc) is 3.60. The van der Waals surface area contributed by atoms with E-state index in [4.69, 9.17) is 4.74 Å². The van der Waals surface area contributed by atoms with Gasteiger partial charge in [0.25, 0.3) is 0 Å². The van der Waals surface area contributed by atoms with E-state index in [1.165, 1.54) is 29.7 Å². The number of halogens is 1. The number of likely N-dealkylation sites (N-methyl/N-ethyl adjacent to an activating group) is 1. The van der Waals surface area contributed by atoms with Crippen LogP contribution in [0.3, 0.4) is 0 Å². The third-order valence-corrected chi connectivity index (χ3v) is 7.26. The SMILES string of the molecule is CN(C)C/C=C/C(=O)N1CCOC[C@H]1C(=O)NCCn1cnc2cnc(Nc3ncc(-c4ncccc4F)s3)cc21. The number of thiazole rings is 1. The fourth-order valence-electron chi connectivity index (χ4n) is 4.29. The summed E-state index contributed by atoms with van der Waals surface area (Å²) in [4.78, 5) is 47.0. The highest BCUT2D eigenvalue weighted by atomic mass is 32.1. The van der Waals surface area contributed by atoms with E-state index in [0.29, 0.717) is 54.1 Å². The van der Waals surface area contributed by atoms with Crippen molar-refractivity contribution in [3.63, 3.8) is 0 Å². The predicted octanol–water partition coefficient (Wildman–Crippen LogP) is 2.29. The Balaban J connectivity index is 1.20. The maximum atomic E-state index is 14.1. The minimum Gasteiger partial charge on any atom is -0.377 e. The number of aromatic nitrogens is 5. The zero-order chi connectivity index (χ0) is 28.8. The lowest BCUT2D eigenvalue weighted by Gasteiger charge is -2.33. The molecule has 4 aromatic rings. The second kappa shape index (κ2) is 12.9. The molecule has 0 bridgehead atoms. The van der Waals surface area contributed by atoms with Gasteiger partial charge in [0.1, 0.15) is 28.9 Å². The number of carbonyl (C=O) groups excluding carboxylic acids is 2. The molecule has 14 heteroatoms. The number of carbonyl (C=O) groups is 2. The van der Waals surface area contributed by atoms with E-state index < -0.39 is 11.9 Å². The van der Waals surface area contributed by atoms with Crippen molar-refractivity contribution in [3.8, 4) is 10.6 Å². The molecule has 0 unspecified atom stereocenters. The fraction of sp³-hybridized carbons (Fsp3) is 0.333. The molecular weight excluding hydrogens is 549 g/mol. The number of nitrogens with zero attached hydrogens (tertiary/aromatic N) is 7. The van der Waals surface area contributed by atoms with E-state index in [0.717, 1.165) is 5.52 Å². The first-order valence-corrected chi connectivity index (χ1v) is 13.8. The van der Waals surface area contributed by atoms with Gasteiger partial charge in [-0.15, -0.1) is 0 Å². The van der Waals surface area contributed by atoms with Crippen LogP contribution < -0.4 is 10.6 Å². The van der Waals surface area contributed by atoms with Crippen molar-refractivity contribution in [3.05, 3.63) is 61.1 Å². The molecule has 1 atom stereocenters. The monoisotopic (exact) mass is 579 g/mol. The minimum atomic E-state index is -0.692. The van der Waals surface area contributed by atoms with Crippen LogP contribution in [0.1, 0.15) is 0 Å². The Morgan fingerprint density at radius 2 is 2.12 bits per heavy atom. The lowest BCUT2D eigenvalue weighted by Crippen LogP contribution is -2.55. The number of pyridine rings is 2. The number of nitrogens with one attached hydrogen (secondary N) is 2. The highest BCUT2D eigenvalue weighted by molar-refractivity contribution is 7.18. The first-order valence-electron chi connectivity index (χ1n) is 13.0. The van der Waals surface area contributed by atoms with Gasteiger partial charge in [-0.1, -0.05) is 17.4 Å². The van der Waals surface area contributed by atoms with Crippen molar-refractivity contribution in [2.24, 2.45) is 0 Å². The van der Waals surface area contributed by atoms with Crippen molar-refractivity contribution in [1.82, 2.24) is 39.6 Å². The third-order valence-electron chi connectivity index (χ3n) is 6.34. The fourth-order valence-corrected chi connectivity index (χ4v) is 5.11. The molecule has 0 aliphatic carbocycles. The quantitative estimate of drug-likeness (QED) is 0.272. The molecule has 1 fully saturated rings. The summed E-state index contributed by atoms with van der Waals surface area (Å²) in [5, 5.41) is 6.62. The second-order valence-electron chi connectivity index (χ2n) is 9.56. The van der Waals surface area contributed by atoms with Crippen molar-refractivity contribution < 1.29 is 18.7 Å². The van der Waals surface area contributed by atoms with Crippen molar-refractivity contribution in [2.45, 2.75) is 12.6 Å². The van der Waals surface area contributed by atoms with E-state index in [1.807, 2.05) is 29.6 Å². The van der Waals surface area contributed by atoms with Crippen LogP contribution in [0.2, 0.25) is 0 Å². The molecule has 0 saturated carbocycles. The molecule has 41 heavy (non-hydrogen) atoms. The number of hydrogen-bond acceptors (Lipinski definition) is 10. The largest absolute Gasteiger partial charge is 0.377 e. The first-order chi connectivity index (χ1) is 19.9. The summed E-state index contributed by atoms with van der Waals surface area (Å²) in [5.74, 6) is -0.343. The van der Waals surface area contributed by atoms with Crippen molar-refractivity contribution in [2.75, 3.05) is 52.3 Å². The van der Waals surface area contributed by atoms with E-state index in [9.17, 15) is 14.0 Å². The molecule has 0 radical (unpaired) electrons. The van der Waals surface area contributed by atoms with Crippen LogP contribution in [0.25, 0.3) is 21.6 Å². The summed E-state index contributed by atoms with van der Waals surface area (Å²) >= 11 is 1.27. The zero-order valence-electron chi connectivity index (χ0n) is 22.7. The maximum absolute atomic E-state index is 14.1. The summed E-state index contributed by atoms with van der Waals surface area (Å²) < 4.78 is 21.5. The summed E-state index contributed by atoms with van der Waals surface area (Å²) in [6, 6.07) is 4.04. The number of hydrogen-bond donors (Lipinski definition) is 2. The van der Waals surface area contributed by atoms with Gasteiger partial charge in [0, 0.05) is 50.7 Å². The van der Waals surface area contributed by atoms with Crippen LogP contribution in [0, 0.1) is 5.82 Å². The molecule has 1 saturated heterocycles. The molecule has 2 amide bonds. The van der Waals surface area contributed by atoms with Crippen LogP contribution in [-0.2, 0) is 20.9 Å². The van der Waals surface area contributed by atoms with E-state index >= 15 is 0 Å². The molecule has 4 aromatic heterocycles. The number of fused-ring (bicyclic) bond motifs is 1. The third kappa shape index (κ3) is 6.90. The Morgan fingerprint density at radius 3 is 2.95 bits per heavy atom. The second-order valence-corrected chi connectivity index (χ2v) is 10.6. The molecule has 0 spiro atoms. The predicted molar refractivity (Wildman–Crippen MR) is 153 cm³/mol. The van der Waals surface area contributed by atoms with Gasteiger partial charge in [-0.3, -0.25) is 14.6 Å². The van der Waals surface area contributed by atoms with Crippen LogP contribution in [0.15, 0.2) is 55.3 Å². The standard InChI is InChI=1S/C27H30FN9O3S/c1-35(2)9-4-6-24(38)37-11-12-40-16-21(37)26(39)30-8-10-36-17-33-19-14-31-23(13-20(19)36)34-27-32-15-22(41-27)25-18(28)5-3-7-29-25/h3-7,13-15,17,21H,8-12,16H2,1-2H3,(H,30,39)(H,31,32,34)/b6-4+/t21-/m0/s1. The van der Waals surface area contributed by atoms with E-state index in [1.54, 1.807) is 35.8 Å². The summed E-state index contributed by atoms with van der Waals surface area (Å²) in [7, 11) is 3.84. The highest BCUT2D eigenvalue weighted by Crippen LogP contribution is 2.30. The summed E-state index contributed by atoms with van der Waals surface area (Å²) in [6.45, 7) is 2.32. The molecule has 214 valence electrons. The van der Waals surface area contributed by atoms with E-state index in [2.05, 4.69) is 30.6 Å². The highest BCUT2D eigenvalue weighted by Gasteiger charge is 2.31. The number of morpholine rings is 1. The molecule has 5 rings (SSSR count). The van der Waals surface area contributed by atoms with Crippen molar-refractivity contribution in [1.29, 1.82) is 0 Å². The molecule has 1 aliphatic heterocycles. The molecule has 5 heterocycles. The Labute approximate surface area is 239 Å². The van der Waals surface area contributed by atoms with Gasteiger partial charge < -0.3 is 29.7 Å². The molecule has 12 nitrogen and oxygen atoms in total. The smallest absolute Gasteiger partial charge is 0.247 e. The maximum Gasteiger partial charge on any atom is 0.247 e. The number of ether oxygens (including phenoxy) is 1. The van der Waals surface area contributed by atoms with Gasteiger partial charge in [-0.05, 0) is 26.2 Å². The van der Waals surface area contributed by atoms with Gasteiger partial charge in [-0.25, -0.2) is 19.3 Å². The zero-order valence-corrected chi connectivity index (χ0v) is 23.5. The lowest BCUT2D eigenvalue weighted by atomic mass is 10.2. The Hall–Kier alpha value is -4.27. The first kappa shape index (κ1) is 28.3. The van der Waals surface area contributed by atoms with E-state index in [-0.39, 0.29) is 24.1 Å². The molecule has 1 aliphatic rings. The van der Waals surface area contributed by atoms with Gasteiger partial charge >= 0.3 is 0 Å². The van der Waals surface area contributed by atoms with Gasteiger partial charge in [0.15, 0.2) is 5.13 Å². The summed E-state index contributed by atoms with van der Waals surface area (Å²) in [6.07, 6.45) is 9.72. The lowest BCUT2D eigenvalue weighted by molar-refractivity contribution is -0.145. The molecule has 2 N–H and O–H groups in total. The Morgan fingerprint density at radius 1 is 1.24 bits per heavy atom. The summed E-state index contributed by atoms with van der Waals surface area (Å²) in [5.41, 5.74) is 1.75. The molecule has 0 aromatic carbocycles. The minimum absolute atomic E-state index is 0.152. The van der Waals surface area contributed by atoms with Crippen LogP contribution >= 0.6 is 11.3 Å². The van der Waals surface area contributed by atoms with Crippen molar-refractivity contribution >= 4 is 45.1 Å².